The molecule has 0 heterocycles. The van der Waals surface area contributed by atoms with E-state index in [1.807, 2.05) is 0 Å². The Hall–Kier alpha value is -6.52. The summed E-state index contributed by atoms with van der Waals surface area (Å²) in [7, 11) is 0. The zero-order chi connectivity index (χ0) is 35.3. The number of anilines is 1. The number of hydrogen-bond acceptors (Lipinski definition) is 8. The highest BCUT2D eigenvalue weighted by Gasteiger charge is 2.26. The smallest absolute Gasteiger partial charge is 0.181 e. The Morgan fingerprint density at radius 3 is 0.867 bits per heavy atom. The Kier molecular flexibility index (Phi) is 14.4. The molecule has 0 aromatic heterocycles. The van der Waals surface area contributed by atoms with Gasteiger partial charge in [0.2, 0.25) is 0 Å². The summed E-state index contributed by atoms with van der Waals surface area (Å²) in [6.45, 7) is 1.43. The van der Waals surface area contributed by atoms with Gasteiger partial charge in [-0.1, -0.05) is 11.6 Å². The van der Waals surface area contributed by atoms with Gasteiger partial charge in [0, 0.05) is 6.92 Å². The van der Waals surface area contributed by atoms with Gasteiger partial charge >= 0.3 is 0 Å². The first-order valence-electron chi connectivity index (χ1n) is 10.4. The van der Waals surface area contributed by atoms with Crippen LogP contribution in [-0.2, 0) is 0 Å². The standard InChI is InChI=1S/C8ClF3N2.C8F4N2.C8H2F3N3.C2H3N/c9-5-3(1-13)7(11)8(12)4(2-14)6(5)10;9-5-3(1-13)6(10)8(12)4(2-14)7(5)11;9-5-3(1-12)7(11)8(14)4(2-13)6(5)10;1-2-3/h;;14H2;1H3. The van der Waals surface area contributed by atoms with Crippen LogP contribution >= 0.6 is 11.6 Å². The number of benzene rings is 3. The molecule has 0 atom stereocenters. The Labute approximate surface area is 250 Å². The van der Waals surface area contributed by atoms with Gasteiger partial charge < -0.3 is 5.73 Å². The first-order valence-corrected chi connectivity index (χ1v) is 10.8. The lowest BCUT2D eigenvalue weighted by Crippen LogP contribution is -2.05. The number of hydrogen-bond donors (Lipinski definition) is 1. The second-order valence-electron chi connectivity index (χ2n) is 7.01. The Bertz CT molecular complexity index is 1540. The molecule has 0 bridgehead atoms. The molecule has 3 aromatic rings. The average molecular weight is 655 g/mol. The van der Waals surface area contributed by atoms with Crippen LogP contribution < -0.4 is 5.73 Å². The van der Waals surface area contributed by atoms with Gasteiger partial charge in [0.25, 0.3) is 0 Å². The van der Waals surface area contributed by atoms with Gasteiger partial charge in [0.1, 0.15) is 69.8 Å². The summed E-state index contributed by atoms with van der Waals surface area (Å²) in [5.41, 5.74) is -2.76. The molecule has 0 fully saturated rings. The minimum atomic E-state index is -1.86. The van der Waals surface area contributed by atoms with Gasteiger partial charge in [0.05, 0.1) is 16.8 Å². The fourth-order valence-electron chi connectivity index (χ4n) is 2.54. The molecule has 0 aliphatic carbocycles. The predicted octanol–water partition coefficient (Wildman–Crippen LogP) is 6.45. The topological polar surface area (TPSA) is 193 Å². The van der Waals surface area contributed by atoms with Crippen LogP contribution in [0.5, 0.6) is 0 Å². The van der Waals surface area contributed by atoms with E-state index in [4.69, 9.17) is 54.2 Å². The number of nitrogen functional groups attached to an aromatic ring is 1. The Balaban J connectivity index is 0.000000617. The van der Waals surface area contributed by atoms with E-state index in [1.54, 1.807) is 6.07 Å². The van der Waals surface area contributed by atoms with E-state index in [0.29, 0.717) is 0 Å². The summed E-state index contributed by atoms with van der Waals surface area (Å²) in [5.74, 6) is -16.9. The summed E-state index contributed by atoms with van der Waals surface area (Å²) in [6, 6.07) is 8.30. The number of nitrogens with two attached hydrogens (primary N) is 1. The lowest BCUT2D eigenvalue weighted by molar-refractivity contribution is 0.446. The van der Waals surface area contributed by atoms with Gasteiger partial charge in [-0.3, -0.25) is 0 Å². The molecule has 0 saturated carbocycles. The molecule has 0 radical (unpaired) electrons. The first kappa shape index (κ1) is 38.5. The predicted molar refractivity (Wildman–Crippen MR) is 128 cm³/mol. The minimum absolute atomic E-state index is 0.858. The monoisotopic (exact) mass is 654 g/mol. The van der Waals surface area contributed by atoms with Crippen molar-refractivity contribution in [2.75, 3.05) is 5.73 Å². The molecular formula is C26H5ClF10N8. The fraction of sp³-hybridized carbons (Fsp3) is 0.0385. The van der Waals surface area contributed by atoms with Crippen LogP contribution in [0.2, 0.25) is 5.02 Å². The van der Waals surface area contributed by atoms with E-state index >= 15 is 0 Å². The van der Waals surface area contributed by atoms with Crippen LogP contribution in [0.1, 0.15) is 40.3 Å². The maximum Gasteiger partial charge on any atom is 0.181 e. The lowest BCUT2D eigenvalue weighted by atomic mass is 10.1. The molecule has 19 heteroatoms. The third-order valence-electron chi connectivity index (χ3n) is 4.55. The molecule has 0 saturated heterocycles. The van der Waals surface area contributed by atoms with E-state index < -0.39 is 102 Å². The van der Waals surface area contributed by atoms with E-state index in [2.05, 4.69) is 0 Å². The molecule has 3 aromatic carbocycles. The Morgan fingerprint density at radius 1 is 0.400 bits per heavy atom. The fourth-order valence-corrected chi connectivity index (χ4v) is 2.76. The molecule has 45 heavy (non-hydrogen) atoms. The second-order valence-corrected chi connectivity index (χ2v) is 7.39. The van der Waals surface area contributed by atoms with Crippen molar-refractivity contribution in [2.24, 2.45) is 0 Å². The van der Waals surface area contributed by atoms with Gasteiger partial charge in [-0.15, -0.1) is 0 Å². The van der Waals surface area contributed by atoms with Crippen molar-refractivity contribution in [1.82, 2.24) is 0 Å². The molecule has 0 spiro atoms. The van der Waals surface area contributed by atoms with Crippen molar-refractivity contribution in [3.8, 4) is 42.5 Å². The van der Waals surface area contributed by atoms with E-state index in [-0.39, 0.29) is 0 Å². The van der Waals surface area contributed by atoms with Crippen LogP contribution in [0.3, 0.4) is 0 Å². The summed E-state index contributed by atoms with van der Waals surface area (Å²) in [4.78, 5) is 0. The van der Waals surface area contributed by atoms with Crippen molar-refractivity contribution in [3.63, 3.8) is 0 Å². The third-order valence-corrected chi connectivity index (χ3v) is 4.91. The number of nitrogens with zero attached hydrogens (tertiary/aromatic N) is 7. The molecule has 8 nitrogen and oxygen atoms in total. The SMILES string of the molecule is CC#N.N#Cc1c(F)c(F)c(C#N)c(Cl)c1F.N#Cc1c(F)c(F)c(C#N)c(F)c1F.N#Cc1c(N)c(F)c(C#N)c(F)c1F. The summed E-state index contributed by atoms with van der Waals surface area (Å²) < 4.78 is 128. The van der Waals surface area contributed by atoms with Crippen molar-refractivity contribution in [3.05, 3.63) is 96.6 Å². The van der Waals surface area contributed by atoms with Crippen molar-refractivity contribution >= 4 is 17.3 Å². The Morgan fingerprint density at radius 2 is 0.600 bits per heavy atom. The van der Waals surface area contributed by atoms with Gasteiger partial charge in [-0.25, -0.2) is 43.9 Å². The quantitative estimate of drug-likeness (QED) is 0.162. The minimum Gasteiger partial charge on any atom is -0.395 e. The van der Waals surface area contributed by atoms with Crippen molar-refractivity contribution in [2.45, 2.75) is 6.92 Å². The van der Waals surface area contributed by atoms with Crippen LogP contribution in [0.25, 0.3) is 0 Å². The van der Waals surface area contributed by atoms with E-state index in [0.717, 1.165) is 24.3 Å². The molecular weight excluding hydrogens is 650 g/mol. The van der Waals surface area contributed by atoms with E-state index in [1.165, 1.54) is 19.1 Å². The maximum atomic E-state index is 13.0. The molecule has 0 aliphatic rings. The van der Waals surface area contributed by atoms with Crippen LogP contribution in [0.4, 0.5) is 49.6 Å². The van der Waals surface area contributed by atoms with Gasteiger partial charge in [-0.05, 0) is 0 Å². The summed E-state index contributed by atoms with van der Waals surface area (Å²) in [5, 5.41) is 56.0. The number of halogens is 11. The zero-order valence-corrected chi connectivity index (χ0v) is 22.1. The van der Waals surface area contributed by atoms with E-state index in [9.17, 15) is 43.9 Å². The molecule has 2 N–H and O–H groups in total. The largest absolute Gasteiger partial charge is 0.395 e. The van der Waals surface area contributed by atoms with Gasteiger partial charge in [-0.2, -0.15) is 36.8 Å². The number of rotatable bonds is 0. The molecule has 0 amide bonds. The van der Waals surface area contributed by atoms with Crippen molar-refractivity contribution in [1.29, 1.82) is 36.8 Å². The highest BCUT2D eigenvalue weighted by molar-refractivity contribution is 6.32. The van der Waals surface area contributed by atoms with Crippen LogP contribution in [0, 0.1) is 137 Å². The first-order chi connectivity index (χ1) is 21.0. The highest BCUT2D eigenvalue weighted by Crippen LogP contribution is 2.28. The molecule has 0 unspecified atom stereocenters. The summed E-state index contributed by atoms with van der Waals surface area (Å²) >= 11 is 5.20. The third kappa shape index (κ3) is 7.86. The normalized spacial score (nSPS) is 8.82. The van der Waals surface area contributed by atoms with Gasteiger partial charge in [0.15, 0.2) is 58.2 Å². The summed E-state index contributed by atoms with van der Waals surface area (Å²) in [6.07, 6.45) is 0. The lowest BCUT2D eigenvalue weighted by Gasteiger charge is -2.03. The average Bonchev–Trinajstić information content (AvgIpc) is 3.01. The van der Waals surface area contributed by atoms with Crippen molar-refractivity contribution < 1.29 is 43.9 Å². The molecule has 226 valence electrons. The number of nitriles is 7. The van der Waals surface area contributed by atoms with Crippen LogP contribution in [0.15, 0.2) is 0 Å². The van der Waals surface area contributed by atoms with Crippen LogP contribution in [-0.4, -0.2) is 0 Å². The zero-order valence-electron chi connectivity index (χ0n) is 21.4. The second kappa shape index (κ2) is 16.8. The molecule has 0 aliphatic heterocycles. The highest BCUT2D eigenvalue weighted by atomic mass is 35.5. The molecule has 3 rings (SSSR count). The maximum absolute atomic E-state index is 13.0.